The third-order valence-corrected chi connectivity index (χ3v) is 5.52. The molecule has 0 bridgehead atoms. The maximum absolute atomic E-state index is 5.54. The fourth-order valence-corrected chi connectivity index (χ4v) is 4.16. The SMILES string of the molecule is CC(NCC1(N2CCCCC2)CCCCC1)c1ccco1. The lowest BCUT2D eigenvalue weighted by Crippen LogP contribution is -2.57. The maximum atomic E-state index is 5.54. The van der Waals surface area contributed by atoms with E-state index in [1.807, 2.05) is 6.07 Å². The van der Waals surface area contributed by atoms with Crippen LogP contribution in [0.1, 0.15) is 70.1 Å². The van der Waals surface area contributed by atoms with E-state index >= 15 is 0 Å². The topological polar surface area (TPSA) is 28.4 Å². The van der Waals surface area contributed by atoms with Crippen LogP contribution in [-0.2, 0) is 0 Å². The average molecular weight is 290 g/mol. The molecule has 1 saturated carbocycles. The second kappa shape index (κ2) is 6.97. The van der Waals surface area contributed by atoms with Crippen LogP contribution in [0.5, 0.6) is 0 Å². The summed E-state index contributed by atoms with van der Waals surface area (Å²) in [6.07, 6.45) is 12.9. The standard InChI is InChI=1S/C18H30N2O/c1-16(17-9-8-14-21-17)19-15-18(10-4-2-5-11-18)20-12-6-3-7-13-20/h8-9,14,16,19H,2-7,10-13,15H2,1H3. The Kier molecular flexibility index (Phi) is 5.02. The van der Waals surface area contributed by atoms with Gasteiger partial charge in [0.25, 0.3) is 0 Å². The first-order chi connectivity index (χ1) is 10.3. The third kappa shape index (κ3) is 3.51. The first kappa shape index (κ1) is 15.1. The van der Waals surface area contributed by atoms with Crippen molar-refractivity contribution in [2.75, 3.05) is 19.6 Å². The van der Waals surface area contributed by atoms with Gasteiger partial charge in [0.15, 0.2) is 0 Å². The average Bonchev–Trinajstić information content (AvgIpc) is 3.09. The number of furan rings is 1. The Balaban J connectivity index is 1.64. The minimum absolute atomic E-state index is 0.309. The zero-order valence-corrected chi connectivity index (χ0v) is 13.4. The van der Waals surface area contributed by atoms with Gasteiger partial charge in [-0.15, -0.1) is 0 Å². The van der Waals surface area contributed by atoms with Gasteiger partial charge in [-0.05, 0) is 57.8 Å². The van der Waals surface area contributed by atoms with Crippen LogP contribution >= 0.6 is 0 Å². The number of hydrogen-bond acceptors (Lipinski definition) is 3. The molecule has 0 amide bonds. The molecule has 118 valence electrons. The molecule has 1 N–H and O–H groups in total. The lowest BCUT2D eigenvalue weighted by molar-refractivity contribution is 0.0313. The van der Waals surface area contributed by atoms with Crippen molar-refractivity contribution in [1.82, 2.24) is 10.2 Å². The zero-order valence-electron chi connectivity index (χ0n) is 13.4. The van der Waals surface area contributed by atoms with Gasteiger partial charge in [-0.3, -0.25) is 4.90 Å². The summed E-state index contributed by atoms with van der Waals surface area (Å²) in [6, 6.07) is 4.37. The molecule has 2 heterocycles. The van der Waals surface area contributed by atoms with Crippen molar-refractivity contribution in [1.29, 1.82) is 0 Å². The fraction of sp³-hybridized carbons (Fsp3) is 0.778. The summed E-state index contributed by atoms with van der Waals surface area (Å²) in [4.78, 5) is 2.80. The summed E-state index contributed by atoms with van der Waals surface area (Å²) in [5.41, 5.74) is 0.402. The molecule has 1 aromatic rings. The van der Waals surface area contributed by atoms with E-state index in [0.29, 0.717) is 11.6 Å². The van der Waals surface area contributed by atoms with Crippen LogP contribution in [-0.4, -0.2) is 30.1 Å². The largest absolute Gasteiger partial charge is 0.468 e. The molecule has 21 heavy (non-hydrogen) atoms. The molecule has 2 aliphatic rings. The van der Waals surface area contributed by atoms with Gasteiger partial charge < -0.3 is 9.73 Å². The van der Waals surface area contributed by atoms with Crippen LogP contribution in [0.4, 0.5) is 0 Å². The van der Waals surface area contributed by atoms with Crippen LogP contribution in [0, 0.1) is 0 Å². The molecule has 1 saturated heterocycles. The summed E-state index contributed by atoms with van der Waals surface area (Å²) in [5, 5.41) is 3.76. The van der Waals surface area contributed by atoms with Gasteiger partial charge >= 0.3 is 0 Å². The Bertz CT molecular complexity index is 403. The zero-order chi connectivity index (χ0) is 14.5. The molecule has 3 nitrogen and oxygen atoms in total. The molecular weight excluding hydrogens is 260 g/mol. The molecular formula is C18H30N2O. The van der Waals surface area contributed by atoms with E-state index in [0.717, 1.165) is 12.3 Å². The molecule has 0 radical (unpaired) electrons. The Morgan fingerprint density at radius 1 is 1.14 bits per heavy atom. The van der Waals surface area contributed by atoms with E-state index in [1.165, 1.54) is 64.5 Å². The Hall–Kier alpha value is -0.800. The Morgan fingerprint density at radius 2 is 1.86 bits per heavy atom. The first-order valence-electron chi connectivity index (χ1n) is 8.82. The summed E-state index contributed by atoms with van der Waals surface area (Å²) in [6.45, 7) is 5.92. The lowest BCUT2D eigenvalue weighted by atomic mass is 9.79. The van der Waals surface area contributed by atoms with Crippen LogP contribution in [0.2, 0.25) is 0 Å². The first-order valence-corrected chi connectivity index (χ1v) is 8.82. The van der Waals surface area contributed by atoms with Crippen molar-refractivity contribution in [2.24, 2.45) is 0 Å². The Labute approximate surface area is 129 Å². The second-order valence-corrected chi connectivity index (χ2v) is 6.95. The number of hydrogen-bond donors (Lipinski definition) is 1. The van der Waals surface area contributed by atoms with Gasteiger partial charge in [-0.1, -0.05) is 25.7 Å². The number of piperidine rings is 1. The van der Waals surface area contributed by atoms with Crippen molar-refractivity contribution in [3.63, 3.8) is 0 Å². The minimum Gasteiger partial charge on any atom is -0.468 e. The van der Waals surface area contributed by atoms with Gasteiger partial charge in [0.05, 0.1) is 12.3 Å². The van der Waals surface area contributed by atoms with Crippen LogP contribution in [0.15, 0.2) is 22.8 Å². The normalized spacial score (nSPS) is 24.8. The molecule has 2 fully saturated rings. The molecule has 3 heteroatoms. The van der Waals surface area contributed by atoms with E-state index in [4.69, 9.17) is 4.42 Å². The van der Waals surface area contributed by atoms with Crippen molar-refractivity contribution in [3.05, 3.63) is 24.2 Å². The maximum Gasteiger partial charge on any atom is 0.120 e. The molecule has 1 aromatic heterocycles. The summed E-state index contributed by atoms with van der Waals surface area (Å²) in [7, 11) is 0. The highest BCUT2D eigenvalue weighted by Crippen LogP contribution is 2.35. The predicted octanol–water partition coefficient (Wildman–Crippen LogP) is 4.12. The van der Waals surface area contributed by atoms with Crippen LogP contribution in [0.3, 0.4) is 0 Å². The molecule has 3 rings (SSSR count). The van der Waals surface area contributed by atoms with Crippen molar-refractivity contribution in [3.8, 4) is 0 Å². The van der Waals surface area contributed by atoms with Gasteiger partial charge in [0, 0.05) is 12.1 Å². The predicted molar refractivity (Wildman–Crippen MR) is 86.4 cm³/mol. The molecule has 1 aliphatic carbocycles. The number of nitrogens with zero attached hydrogens (tertiary/aromatic N) is 1. The van der Waals surface area contributed by atoms with Gasteiger partial charge in [0.1, 0.15) is 5.76 Å². The highest BCUT2D eigenvalue weighted by atomic mass is 16.3. The van der Waals surface area contributed by atoms with E-state index < -0.39 is 0 Å². The van der Waals surface area contributed by atoms with Gasteiger partial charge in [-0.25, -0.2) is 0 Å². The lowest BCUT2D eigenvalue weighted by Gasteiger charge is -2.49. The van der Waals surface area contributed by atoms with Crippen LogP contribution < -0.4 is 5.32 Å². The number of nitrogens with one attached hydrogen (secondary N) is 1. The summed E-state index contributed by atoms with van der Waals surface area (Å²) in [5.74, 6) is 1.06. The van der Waals surface area contributed by atoms with E-state index in [2.05, 4.69) is 23.2 Å². The second-order valence-electron chi connectivity index (χ2n) is 6.95. The molecule has 0 spiro atoms. The molecule has 1 aliphatic heterocycles. The number of likely N-dealkylation sites (tertiary alicyclic amines) is 1. The fourth-order valence-electron chi connectivity index (χ4n) is 4.16. The summed E-state index contributed by atoms with van der Waals surface area (Å²) >= 11 is 0. The van der Waals surface area contributed by atoms with Crippen molar-refractivity contribution >= 4 is 0 Å². The van der Waals surface area contributed by atoms with E-state index in [1.54, 1.807) is 6.26 Å². The minimum atomic E-state index is 0.309. The molecule has 0 aromatic carbocycles. The van der Waals surface area contributed by atoms with E-state index in [-0.39, 0.29) is 0 Å². The quantitative estimate of drug-likeness (QED) is 0.884. The molecule has 1 atom stereocenters. The third-order valence-electron chi connectivity index (χ3n) is 5.52. The Morgan fingerprint density at radius 3 is 2.52 bits per heavy atom. The smallest absolute Gasteiger partial charge is 0.120 e. The van der Waals surface area contributed by atoms with Crippen molar-refractivity contribution in [2.45, 2.75) is 69.9 Å². The van der Waals surface area contributed by atoms with Gasteiger partial charge in [-0.2, -0.15) is 0 Å². The van der Waals surface area contributed by atoms with Crippen LogP contribution in [0.25, 0.3) is 0 Å². The summed E-state index contributed by atoms with van der Waals surface area (Å²) < 4.78 is 5.54. The monoisotopic (exact) mass is 290 g/mol. The highest BCUT2D eigenvalue weighted by molar-refractivity contribution is 5.04. The highest BCUT2D eigenvalue weighted by Gasteiger charge is 2.38. The van der Waals surface area contributed by atoms with E-state index in [9.17, 15) is 0 Å². The van der Waals surface area contributed by atoms with Gasteiger partial charge in [0.2, 0.25) is 0 Å². The van der Waals surface area contributed by atoms with Crippen molar-refractivity contribution < 1.29 is 4.42 Å². The molecule has 1 unspecified atom stereocenters. The number of rotatable bonds is 5.